The van der Waals surface area contributed by atoms with Gasteiger partial charge in [-0.3, -0.25) is 0 Å². The van der Waals surface area contributed by atoms with E-state index in [0.717, 1.165) is 31.0 Å². The maximum atomic E-state index is 14.9. The zero-order valence-electron chi connectivity index (χ0n) is 19.1. The quantitative estimate of drug-likeness (QED) is 0.189. The second-order valence-corrected chi connectivity index (χ2v) is 8.47. The van der Waals surface area contributed by atoms with Gasteiger partial charge in [-0.05, 0) is 42.3 Å². The summed E-state index contributed by atoms with van der Waals surface area (Å²) < 4.78 is 110. The SMILES string of the molecule is CCCC1COC(c2ccc(-c3ccc(C(F)=C(F)c4cc(F)c(F)c(F)c4)c(F)c3)c(F)c2)OC1. The molecule has 1 aliphatic heterocycles. The molecule has 36 heavy (non-hydrogen) atoms. The zero-order valence-corrected chi connectivity index (χ0v) is 19.1. The molecule has 2 nitrogen and oxygen atoms in total. The van der Waals surface area contributed by atoms with Gasteiger partial charge in [0, 0.05) is 28.2 Å². The maximum absolute atomic E-state index is 14.9. The van der Waals surface area contributed by atoms with E-state index in [1.54, 1.807) is 6.07 Å². The highest BCUT2D eigenvalue weighted by Gasteiger charge is 2.24. The largest absolute Gasteiger partial charge is 0.348 e. The Bertz CT molecular complexity index is 1270. The van der Waals surface area contributed by atoms with Crippen LogP contribution in [0.2, 0.25) is 0 Å². The third-order valence-corrected chi connectivity index (χ3v) is 5.88. The predicted molar refractivity (Wildman–Crippen MR) is 120 cm³/mol. The number of benzene rings is 3. The maximum Gasteiger partial charge on any atom is 0.194 e. The Morgan fingerprint density at radius 2 is 1.44 bits per heavy atom. The molecule has 3 aromatic carbocycles. The monoisotopic (exact) mass is 510 g/mol. The van der Waals surface area contributed by atoms with Gasteiger partial charge in [0.15, 0.2) is 35.4 Å². The van der Waals surface area contributed by atoms with Gasteiger partial charge < -0.3 is 9.47 Å². The molecular formula is C27H21F7O2. The van der Waals surface area contributed by atoms with Gasteiger partial charge in [-0.15, -0.1) is 0 Å². The van der Waals surface area contributed by atoms with Crippen molar-refractivity contribution in [3.05, 3.63) is 94.3 Å². The van der Waals surface area contributed by atoms with E-state index in [1.165, 1.54) is 12.1 Å². The van der Waals surface area contributed by atoms with Crippen molar-refractivity contribution in [2.45, 2.75) is 26.1 Å². The third kappa shape index (κ3) is 5.32. The Kier molecular flexibility index (Phi) is 7.80. The van der Waals surface area contributed by atoms with E-state index in [9.17, 15) is 30.7 Å². The van der Waals surface area contributed by atoms with E-state index in [0.29, 0.717) is 18.8 Å². The second-order valence-electron chi connectivity index (χ2n) is 8.47. The highest BCUT2D eigenvalue weighted by atomic mass is 19.2. The summed E-state index contributed by atoms with van der Waals surface area (Å²) in [7, 11) is 0. The molecule has 1 fully saturated rings. The first-order valence-corrected chi connectivity index (χ1v) is 11.2. The molecule has 0 aromatic heterocycles. The molecule has 0 saturated carbocycles. The fourth-order valence-corrected chi connectivity index (χ4v) is 4.01. The minimum absolute atomic E-state index is 0.00333. The lowest BCUT2D eigenvalue weighted by Crippen LogP contribution is -2.27. The minimum Gasteiger partial charge on any atom is -0.348 e. The third-order valence-electron chi connectivity index (χ3n) is 5.88. The molecule has 0 aliphatic carbocycles. The number of hydrogen-bond donors (Lipinski definition) is 0. The minimum atomic E-state index is -1.85. The van der Waals surface area contributed by atoms with Gasteiger partial charge >= 0.3 is 0 Å². The lowest BCUT2D eigenvalue weighted by molar-refractivity contribution is -0.206. The smallest absolute Gasteiger partial charge is 0.194 e. The first kappa shape index (κ1) is 25.9. The van der Waals surface area contributed by atoms with Crippen molar-refractivity contribution in [1.82, 2.24) is 0 Å². The van der Waals surface area contributed by atoms with Gasteiger partial charge in [0.05, 0.1) is 13.2 Å². The van der Waals surface area contributed by atoms with Crippen LogP contribution in [-0.4, -0.2) is 13.2 Å². The number of rotatable bonds is 6. The molecule has 190 valence electrons. The molecule has 0 radical (unpaired) electrons. The second kappa shape index (κ2) is 10.8. The Morgan fingerprint density at radius 3 is 2.03 bits per heavy atom. The van der Waals surface area contributed by atoms with Crippen molar-refractivity contribution in [2.75, 3.05) is 13.2 Å². The van der Waals surface area contributed by atoms with Gasteiger partial charge in [-0.25, -0.2) is 30.7 Å². The van der Waals surface area contributed by atoms with Crippen molar-refractivity contribution in [1.29, 1.82) is 0 Å². The standard InChI is InChI=1S/C27H21F7O2/c1-2-3-14-12-35-27(36-13-14)16-5-6-18(20(28)9-16)15-4-7-19(21(29)8-15)25(33)24(32)17-10-22(30)26(34)23(31)11-17/h4-11,14,27H,2-3,12-13H2,1H3. The van der Waals surface area contributed by atoms with E-state index >= 15 is 0 Å². The molecule has 4 rings (SSSR count). The predicted octanol–water partition coefficient (Wildman–Crippen LogP) is 8.28. The number of ether oxygens (including phenoxy) is 2. The number of hydrogen-bond acceptors (Lipinski definition) is 2. The Morgan fingerprint density at radius 1 is 0.778 bits per heavy atom. The van der Waals surface area contributed by atoms with Crippen molar-refractivity contribution < 1.29 is 40.2 Å². The fraction of sp³-hybridized carbons (Fsp3) is 0.259. The van der Waals surface area contributed by atoms with Crippen molar-refractivity contribution >= 4 is 11.7 Å². The van der Waals surface area contributed by atoms with E-state index in [-0.39, 0.29) is 29.2 Å². The summed E-state index contributed by atoms with van der Waals surface area (Å²) in [6, 6.07) is 7.48. The average Bonchev–Trinajstić information content (AvgIpc) is 2.86. The first-order valence-electron chi connectivity index (χ1n) is 11.2. The van der Waals surface area contributed by atoms with E-state index in [4.69, 9.17) is 9.47 Å². The lowest BCUT2D eigenvalue weighted by atomic mass is 9.99. The van der Waals surface area contributed by atoms with Gasteiger partial charge in [0.1, 0.15) is 11.6 Å². The average molecular weight is 510 g/mol. The van der Waals surface area contributed by atoms with Crippen LogP contribution in [0.15, 0.2) is 48.5 Å². The van der Waals surface area contributed by atoms with Crippen LogP contribution in [-0.2, 0) is 9.47 Å². The van der Waals surface area contributed by atoms with E-state index in [1.807, 2.05) is 0 Å². The fourth-order valence-electron chi connectivity index (χ4n) is 4.01. The van der Waals surface area contributed by atoms with Crippen LogP contribution < -0.4 is 0 Å². The summed E-state index contributed by atoms with van der Waals surface area (Å²) >= 11 is 0. The molecule has 9 heteroatoms. The molecule has 0 amide bonds. The molecule has 0 bridgehead atoms. The van der Waals surface area contributed by atoms with E-state index < -0.39 is 58.2 Å². The molecule has 0 unspecified atom stereocenters. The van der Waals surface area contributed by atoms with Crippen LogP contribution in [0.3, 0.4) is 0 Å². The Labute approximate surface area is 203 Å². The zero-order chi connectivity index (χ0) is 26.0. The summed E-state index contributed by atoms with van der Waals surface area (Å²) in [4.78, 5) is 0. The van der Waals surface area contributed by atoms with Crippen LogP contribution in [0, 0.1) is 35.0 Å². The molecule has 1 saturated heterocycles. The summed E-state index contributed by atoms with van der Waals surface area (Å²) in [5.74, 6) is -10.5. The van der Waals surface area contributed by atoms with Crippen LogP contribution in [0.25, 0.3) is 22.8 Å². The van der Waals surface area contributed by atoms with Crippen LogP contribution in [0.1, 0.15) is 42.7 Å². The summed E-state index contributed by atoms with van der Waals surface area (Å²) in [5.41, 5.74) is -1.32. The molecule has 1 aliphatic rings. The molecule has 0 spiro atoms. The van der Waals surface area contributed by atoms with Gasteiger partial charge in [-0.2, -0.15) is 0 Å². The lowest BCUT2D eigenvalue weighted by Gasteiger charge is -2.29. The van der Waals surface area contributed by atoms with Crippen LogP contribution >= 0.6 is 0 Å². The summed E-state index contributed by atoms with van der Waals surface area (Å²) in [5, 5.41) is 0. The van der Waals surface area contributed by atoms with E-state index in [2.05, 4.69) is 6.92 Å². The highest BCUT2D eigenvalue weighted by molar-refractivity contribution is 5.84. The van der Waals surface area contributed by atoms with Crippen LogP contribution in [0.5, 0.6) is 0 Å². The van der Waals surface area contributed by atoms with Crippen LogP contribution in [0.4, 0.5) is 30.7 Å². The Hall–Kier alpha value is -3.17. The van der Waals surface area contributed by atoms with Crippen molar-refractivity contribution in [3.63, 3.8) is 0 Å². The molecule has 1 heterocycles. The first-order chi connectivity index (χ1) is 17.2. The topological polar surface area (TPSA) is 18.5 Å². The van der Waals surface area contributed by atoms with Gasteiger partial charge in [0.2, 0.25) is 0 Å². The Balaban J connectivity index is 1.57. The summed E-state index contributed by atoms with van der Waals surface area (Å²) in [6.45, 7) is 3.04. The molecular weight excluding hydrogens is 489 g/mol. The van der Waals surface area contributed by atoms with Gasteiger partial charge in [0.25, 0.3) is 0 Å². The van der Waals surface area contributed by atoms with Crippen molar-refractivity contribution in [3.8, 4) is 11.1 Å². The highest BCUT2D eigenvalue weighted by Crippen LogP contribution is 2.35. The summed E-state index contributed by atoms with van der Waals surface area (Å²) in [6.07, 6.45) is 1.22. The normalized spacial score (nSPS) is 18.8. The van der Waals surface area contributed by atoms with Gasteiger partial charge in [-0.1, -0.05) is 31.5 Å². The molecule has 3 aromatic rings. The van der Waals surface area contributed by atoms with Crippen molar-refractivity contribution in [2.24, 2.45) is 5.92 Å². The molecule has 0 atom stereocenters. The molecule has 0 N–H and O–H groups in total. The number of halogens is 7.